The Morgan fingerprint density at radius 3 is 2.56 bits per heavy atom. The molecule has 0 atom stereocenters. The first-order chi connectivity index (χ1) is 18.9. The first kappa shape index (κ1) is 25.6. The van der Waals surface area contributed by atoms with Crippen LogP contribution in [0.25, 0.3) is 11.0 Å². The van der Waals surface area contributed by atoms with Gasteiger partial charge in [0.25, 0.3) is 5.91 Å². The molecule has 0 unspecified atom stereocenters. The van der Waals surface area contributed by atoms with E-state index in [1.54, 1.807) is 48.7 Å². The molecule has 2 aromatic heterocycles. The van der Waals surface area contributed by atoms with Crippen LogP contribution in [0.4, 0.5) is 32.1 Å². The van der Waals surface area contributed by atoms with Gasteiger partial charge >= 0.3 is 6.03 Å². The van der Waals surface area contributed by atoms with Crippen molar-refractivity contribution in [3.05, 3.63) is 108 Å². The van der Waals surface area contributed by atoms with Gasteiger partial charge in [-0.3, -0.25) is 9.36 Å². The van der Waals surface area contributed by atoms with E-state index in [1.807, 2.05) is 31.2 Å². The van der Waals surface area contributed by atoms with E-state index in [4.69, 9.17) is 0 Å². The molecule has 5 rings (SSSR count). The van der Waals surface area contributed by atoms with E-state index in [9.17, 15) is 19.1 Å². The fourth-order valence-corrected chi connectivity index (χ4v) is 4.11. The van der Waals surface area contributed by atoms with Crippen LogP contribution in [0.1, 0.15) is 27.0 Å². The average Bonchev–Trinajstić information content (AvgIpc) is 3.40. The minimum atomic E-state index is -0.657. The van der Waals surface area contributed by atoms with Crippen LogP contribution in [-0.4, -0.2) is 31.6 Å². The number of carbonyl (C=O) groups excluding carboxylic acids is 2. The molecular formula is C29H25FN6O3. The molecule has 2 heterocycles. The van der Waals surface area contributed by atoms with E-state index in [0.717, 1.165) is 16.8 Å². The summed E-state index contributed by atoms with van der Waals surface area (Å²) in [6, 6.07) is 20.1. The maximum Gasteiger partial charge on any atom is 0.331 e. The zero-order valence-electron chi connectivity index (χ0n) is 21.0. The van der Waals surface area contributed by atoms with Gasteiger partial charge in [-0.15, -0.1) is 0 Å². The number of hydrogen-bond donors (Lipinski definition) is 4. The summed E-state index contributed by atoms with van der Waals surface area (Å²) in [5.74, 6) is 0.128. The molecule has 2 amide bonds. The van der Waals surface area contributed by atoms with E-state index in [1.165, 1.54) is 17.0 Å². The molecule has 0 fully saturated rings. The SMILES string of the molecule is Cc1ccc(NC(=O)c2cccc(CF)c2)cc1NC(=O)n1ccc2c(Nc3cccc(CO)c3)ncnc21. The predicted octanol–water partition coefficient (Wildman–Crippen LogP) is 5.78. The molecule has 0 saturated carbocycles. The second-order valence-electron chi connectivity index (χ2n) is 8.88. The van der Waals surface area contributed by atoms with Gasteiger partial charge in [-0.25, -0.2) is 19.2 Å². The highest BCUT2D eigenvalue weighted by Crippen LogP contribution is 2.26. The van der Waals surface area contributed by atoms with Crippen LogP contribution in [-0.2, 0) is 13.3 Å². The quantitative estimate of drug-likeness (QED) is 0.214. The number of amides is 2. The van der Waals surface area contributed by atoms with Crippen LogP contribution in [0, 0.1) is 6.92 Å². The Morgan fingerprint density at radius 2 is 1.74 bits per heavy atom. The van der Waals surface area contributed by atoms with Crippen LogP contribution in [0.3, 0.4) is 0 Å². The molecule has 0 aliphatic carbocycles. The number of alkyl halides is 1. The minimum absolute atomic E-state index is 0.0815. The second-order valence-corrected chi connectivity index (χ2v) is 8.88. The monoisotopic (exact) mass is 524 g/mol. The van der Waals surface area contributed by atoms with E-state index >= 15 is 0 Å². The topological polar surface area (TPSA) is 121 Å². The van der Waals surface area contributed by atoms with Crippen molar-refractivity contribution in [1.82, 2.24) is 14.5 Å². The van der Waals surface area contributed by atoms with E-state index in [2.05, 4.69) is 25.9 Å². The number of benzene rings is 3. The summed E-state index contributed by atoms with van der Waals surface area (Å²) in [4.78, 5) is 34.5. The molecule has 5 aromatic rings. The second kappa shape index (κ2) is 11.1. The Bertz CT molecular complexity index is 1680. The van der Waals surface area contributed by atoms with Crippen molar-refractivity contribution < 1.29 is 19.1 Å². The third kappa shape index (κ3) is 5.60. The van der Waals surface area contributed by atoms with Gasteiger partial charge < -0.3 is 21.1 Å². The molecule has 0 aliphatic rings. The number of aliphatic hydroxyl groups is 1. The van der Waals surface area contributed by atoms with Crippen LogP contribution in [0.15, 0.2) is 85.3 Å². The number of nitrogens with one attached hydrogen (secondary N) is 3. The van der Waals surface area contributed by atoms with Crippen molar-refractivity contribution in [2.24, 2.45) is 0 Å². The number of aryl methyl sites for hydroxylation is 1. The van der Waals surface area contributed by atoms with Gasteiger partial charge in [0.1, 0.15) is 18.8 Å². The number of halogens is 1. The van der Waals surface area contributed by atoms with Gasteiger partial charge in [-0.2, -0.15) is 0 Å². The standard InChI is InChI=1S/C29H25FN6O3/c1-18-8-9-23(34-28(38)21-6-2-4-19(12-21)15-30)14-25(18)35-29(39)36-11-10-24-26(31-17-32-27(24)36)33-22-7-3-5-20(13-22)16-37/h2-14,17,37H,15-16H2,1H3,(H,34,38)(H,35,39)(H,31,32,33). The predicted molar refractivity (Wildman–Crippen MR) is 148 cm³/mol. The molecule has 0 spiro atoms. The molecule has 10 heteroatoms. The van der Waals surface area contributed by atoms with Gasteiger partial charge in [0, 0.05) is 28.8 Å². The first-order valence-electron chi connectivity index (χ1n) is 12.1. The van der Waals surface area contributed by atoms with Crippen LogP contribution in [0.2, 0.25) is 0 Å². The number of nitrogens with zero attached hydrogens (tertiary/aromatic N) is 3. The normalized spacial score (nSPS) is 10.8. The Kier molecular flexibility index (Phi) is 7.28. The number of rotatable bonds is 7. The lowest BCUT2D eigenvalue weighted by Crippen LogP contribution is -2.20. The highest BCUT2D eigenvalue weighted by molar-refractivity contribution is 6.05. The summed E-state index contributed by atoms with van der Waals surface area (Å²) in [6.07, 6.45) is 2.96. The molecule has 0 bridgehead atoms. The Labute approximate surface area is 223 Å². The van der Waals surface area contributed by atoms with E-state index < -0.39 is 12.7 Å². The van der Waals surface area contributed by atoms with Crippen molar-refractivity contribution in [2.45, 2.75) is 20.2 Å². The average molecular weight is 525 g/mol. The highest BCUT2D eigenvalue weighted by atomic mass is 19.1. The summed E-state index contributed by atoms with van der Waals surface area (Å²) in [5, 5.41) is 18.9. The highest BCUT2D eigenvalue weighted by Gasteiger charge is 2.15. The Morgan fingerprint density at radius 1 is 0.923 bits per heavy atom. The largest absolute Gasteiger partial charge is 0.392 e. The van der Waals surface area contributed by atoms with E-state index in [-0.39, 0.29) is 12.5 Å². The van der Waals surface area contributed by atoms with Gasteiger partial charge in [0.2, 0.25) is 0 Å². The number of hydrogen-bond acceptors (Lipinski definition) is 6. The number of carbonyl (C=O) groups is 2. The van der Waals surface area contributed by atoms with Crippen molar-refractivity contribution in [3.8, 4) is 0 Å². The molecule has 0 radical (unpaired) electrons. The lowest BCUT2D eigenvalue weighted by atomic mass is 10.1. The number of fused-ring (bicyclic) bond motifs is 1. The van der Waals surface area contributed by atoms with Crippen molar-refractivity contribution in [1.29, 1.82) is 0 Å². The summed E-state index contributed by atoms with van der Waals surface area (Å²) < 4.78 is 14.4. The van der Waals surface area contributed by atoms with Gasteiger partial charge in [0.15, 0.2) is 5.65 Å². The molecule has 0 aliphatic heterocycles. The van der Waals surface area contributed by atoms with Crippen LogP contribution in [0.5, 0.6) is 0 Å². The van der Waals surface area contributed by atoms with Crippen molar-refractivity contribution in [3.63, 3.8) is 0 Å². The van der Waals surface area contributed by atoms with Gasteiger partial charge in [-0.1, -0.05) is 30.3 Å². The summed E-state index contributed by atoms with van der Waals surface area (Å²) in [6.45, 7) is 1.10. The maximum absolute atomic E-state index is 13.2. The third-order valence-electron chi connectivity index (χ3n) is 6.15. The third-order valence-corrected chi connectivity index (χ3v) is 6.15. The van der Waals surface area contributed by atoms with Gasteiger partial charge in [-0.05, 0) is 66.1 Å². The fraction of sp³-hybridized carbons (Fsp3) is 0.103. The van der Waals surface area contributed by atoms with Crippen molar-refractivity contribution in [2.75, 3.05) is 16.0 Å². The smallest absolute Gasteiger partial charge is 0.331 e. The zero-order chi connectivity index (χ0) is 27.4. The summed E-state index contributed by atoms with van der Waals surface area (Å²) >= 11 is 0. The maximum atomic E-state index is 13.2. The number of aliphatic hydroxyl groups excluding tert-OH is 1. The van der Waals surface area contributed by atoms with E-state index in [0.29, 0.717) is 39.4 Å². The zero-order valence-corrected chi connectivity index (χ0v) is 21.0. The lowest BCUT2D eigenvalue weighted by molar-refractivity contribution is 0.102. The van der Waals surface area contributed by atoms with Crippen LogP contribution >= 0.6 is 0 Å². The van der Waals surface area contributed by atoms with Gasteiger partial charge in [0.05, 0.1) is 12.0 Å². The lowest BCUT2D eigenvalue weighted by Gasteiger charge is -2.13. The first-order valence-corrected chi connectivity index (χ1v) is 12.1. The Balaban J connectivity index is 1.35. The molecule has 4 N–H and O–H groups in total. The molecule has 9 nitrogen and oxygen atoms in total. The number of anilines is 4. The fourth-order valence-electron chi connectivity index (χ4n) is 4.11. The summed E-state index contributed by atoms with van der Waals surface area (Å²) in [7, 11) is 0. The molecule has 39 heavy (non-hydrogen) atoms. The number of aromatic nitrogens is 3. The molecule has 196 valence electrons. The van der Waals surface area contributed by atoms with Crippen LogP contribution < -0.4 is 16.0 Å². The Hall–Kier alpha value is -5.09. The summed E-state index contributed by atoms with van der Waals surface area (Å²) in [5.41, 5.74) is 4.42. The molecular weight excluding hydrogens is 499 g/mol. The van der Waals surface area contributed by atoms with Crippen molar-refractivity contribution >= 4 is 45.9 Å². The minimum Gasteiger partial charge on any atom is -0.392 e. The molecule has 3 aromatic carbocycles. The molecule has 0 saturated heterocycles.